The first-order valence-corrected chi connectivity index (χ1v) is 9.52. The van der Waals surface area contributed by atoms with Crippen molar-refractivity contribution in [3.8, 4) is 17.1 Å². The summed E-state index contributed by atoms with van der Waals surface area (Å²) in [5.41, 5.74) is 1.94. The molecule has 158 valence electrons. The molecule has 0 aliphatic carbocycles. The van der Waals surface area contributed by atoms with Crippen molar-refractivity contribution in [3.05, 3.63) is 48.5 Å². The first-order chi connectivity index (χ1) is 14.9. The predicted molar refractivity (Wildman–Crippen MR) is 114 cm³/mol. The molecule has 3 amide bonds. The van der Waals surface area contributed by atoms with Gasteiger partial charge in [0.15, 0.2) is 5.82 Å². The number of rotatable bonds is 6. The molecule has 0 radical (unpaired) electrons. The van der Waals surface area contributed by atoms with Gasteiger partial charge in [0.2, 0.25) is 17.8 Å². The summed E-state index contributed by atoms with van der Waals surface area (Å²) in [6.07, 6.45) is -0.0995. The van der Waals surface area contributed by atoms with Gasteiger partial charge >= 0.3 is 0 Å². The van der Waals surface area contributed by atoms with Crippen molar-refractivity contribution in [2.45, 2.75) is 19.4 Å². The fraction of sp³-hybridized carbons (Fsp3) is 0.190. The third-order valence-electron chi connectivity index (χ3n) is 4.68. The molecule has 0 bridgehead atoms. The number of amides is 3. The normalized spacial score (nSPS) is 14.5. The number of benzene rings is 2. The second kappa shape index (κ2) is 8.27. The highest BCUT2D eigenvalue weighted by Gasteiger charge is 2.35. The molecule has 3 aromatic rings. The molecule has 1 aliphatic heterocycles. The molecule has 2 aromatic carbocycles. The molecule has 2 heterocycles. The number of fused-ring (bicyclic) bond motifs is 1. The molecule has 31 heavy (non-hydrogen) atoms. The molecule has 1 atom stereocenters. The largest absolute Gasteiger partial charge is 0.497 e. The van der Waals surface area contributed by atoms with E-state index in [1.807, 2.05) is 12.1 Å². The van der Waals surface area contributed by atoms with E-state index in [4.69, 9.17) is 4.74 Å². The monoisotopic (exact) mass is 420 g/mol. The number of ether oxygens (including phenoxy) is 1. The van der Waals surface area contributed by atoms with Crippen molar-refractivity contribution in [1.82, 2.24) is 14.8 Å². The van der Waals surface area contributed by atoms with Crippen molar-refractivity contribution >= 4 is 35.0 Å². The molecule has 10 nitrogen and oxygen atoms in total. The molecule has 3 N–H and O–H groups in total. The maximum atomic E-state index is 12.5. The number of methoxy groups -OCH3 is 1. The molecule has 1 aliphatic rings. The van der Waals surface area contributed by atoms with Crippen LogP contribution in [-0.2, 0) is 14.4 Å². The summed E-state index contributed by atoms with van der Waals surface area (Å²) >= 11 is 0. The van der Waals surface area contributed by atoms with E-state index in [9.17, 15) is 14.4 Å². The summed E-state index contributed by atoms with van der Waals surface area (Å²) in [6.45, 7) is 1.42. The first-order valence-electron chi connectivity index (χ1n) is 9.52. The minimum absolute atomic E-state index is 0.0995. The molecule has 0 fully saturated rings. The lowest BCUT2D eigenvalue weighted by atomic mass is 10.2. The molecule has 0 spiro atoms. The van der Waals surface area contributed by atoms with Crippen LogP contribution in [0.3, 0.4) is 0 Å². The highest BCUT2D eigenvalue weighted by Crippen LogP contribution is 2.29. The van der Waals surface area contributed by atoms with E-state index in [0.717, 1.165) is 5.56 Å². The van der Waals surface area contributed by atoms with Crippen LogP contribution in [0.15, 0.2) is 48.5 Å². The van der Waals surface area contributed by atoms with Crippen molar-refractivity contribution in [2.24, 2.45) is 0 Å². The van der Waals surface area contributed by atoms with Gasteiger partial charge in [0, 0.05) is 23.9 Å². The van der Waals surface area contributed by atoms with Gasteiger partial charge in [0.25, 0.3) is 5.91 Å². The Bertz CT molecular complexity index is 1140. The Balaban J connectivity index is 1.44. The fourth-order valence-electron chi connectivity index (χ4n) is 3.20. The Morgan fingerprint density at radius 2 is 1.71 bits per heavy atom. The quantitative estimate of drug-likeness (QED) is 0.562. The van der Waals surface area contributed by atoms with E-state index in [1.54, 1.807) is 43.5 Å². The summed E-state index contributed by atoms with van der Waals surface area (Å²) in [5.74, 6) is 0.587. The average Bonchev–Trinajstić information content (AvgIpc) is 3.28. The number of nitrogens with zero attached hydrogens (tertiary/aromatic N) is 3. The van der Waals surface area contributed by atoms with Crippen molar-refractivity contribution in [1.29, 1.82) is 0 Å². The predicted octanol–water partition coefficient (Wildman–Crippen LogP) is 2.43. The second-order valence-electron chi connectivity index (χ2n) is 6.95. The van der Waals surface area contributed by atoms with Crippen molar-refractivity contribution < 1.29 is 19.1 Å². The van der Waals surface area contributed by atoms with Gasteiger partial charge in [-0.1, -0.05) is 0 Å². The van der Waals surface area contributed by atoms with Crippen molar-refractivity contribution in [2.75, 3.05) is 23.1 Å². The number of anilines is 3. The molecule has 4 rings (SSSR count). The van der Waals surface area contributed by atoms with Crippen LogP contribution in [0, 0.1) is 0 Å². The Hall–Kier alpha value is -4.21. The van der Waals surface area contributed by atoms with Crippen LogP contribution in [0.1, 0.15) is 19.4 Å². The summed E-state index contributed by atoms with van der Waals surface area (Å²) in [7, 11) is 1.58. The molecule has 1 aromatic heterocycles. The van der Waals surface area contributed by atoms with Crippen LogP contribution in [0.2, 0.25) is 0 Å². The maximum Gasteiger partial charge on any atom is 0.252 e. The maximum absolute atomic E-state index is 12.5. The van der Waals surface area contributed by atoms with E-state index in [0.29, 0.717) is 28.9 Å². The topological polar surface area (TPSA) is 127 Å². The van der Waals surface area contributed by atoms with Crippen LogP contribution in [0.5, 0.6) is 5.75 Å². The Kier molecular flexibility index (Phi) is 5.35. The lowest BCUT2D eigenvalue weighted by molar-refractivity contribution is -0.123. The number of hydrogen-bond donors (Lipinski definition) is 3. The summed E-state index contributed by atoms with van der Waals surface area (Å²) in [4.78, 5) is 40.2. The van der Waals surface area contributed by atoms with Gasteiger partial charge < -0.3 is 15.4 Å². The third kappa shape index (κ3) is 4.37. The standard InChI is InChI=1S/C21H20N6O4/c1-12(28)22-14-5-7-15(8-6-14)23-18(29)11-17-20(30)25-21-24-19(26-27(17)21)13-3-9-16(31-2)10-4-13/h3-10,17H,11H2,1-2H3,(H,22,28)(H,23,29)(H,24,25,26,30). The lowest BCUT2D eigenvalue weighted by Crippen LogP contribution is -2.23. The average molecular weight is 420 g/mol. The summed E-state index contributed by atoms with van der Waals surface area (Å²) in [5, 5.41) is 12.5. The SMILES string of the molecule is COc1ccc(-c2nc3n(n2)C(CC(=O)Nc2ccc(NC(C)=O)cc2)C(=O)N3)cc1. The molecular formula is C21H20N6O4. The molecule has 10 heteroatoms. The van der Waals surface area contributed by atoms with Gasteiger partial charge in [0.05, 0.1) is 13.5 Å². The zero-order valence-electron chi connectivity index (χ0n) is 16.9. The molecule has 1 unspecified atom stereocenters. The highest BCUT2D eigenvalue weighted by atomic mass is 16.5. The van der Waals surface area contributed by atoms with E-state index in [2.05, 4.69) is 26.0 Å². The van der Waals surface area contributed by atoms with Gasteiger partial charge in [-0.3, -0.25) is 19.7 Å². The van der Waals surface area contributed by atoms with Gasteiger partial charge in [0.1, 0.15) is 11.8 Å². The molecular weight excluding hydrogens is 400 g/mol. The second-order valence-corrected chi connectivity index (χ2v) is 6.95. The van der Waals surface area contributed by atoms with Crippen LogP contribution in [0.25, 0.3) is 11.4 Å². The van der Waals surface area contributed by atoms with Crippen LogP contribution in [0.4, 0.5) is 17.3 Å². The van der Waals surface area contributed by atoms with E-state index >= 15 is 0 Å². The van der Waals surface area contributed by atoms with E-state index in [1.165, 1.54) is 11.6 Å². The zero-order chi connectivity index (χ0) is 22.0. The number of aromatic nitrogens is 3. The number of carbonyl (C=O) groups excluding carboxylic acids is 3. The Morgan fingerprint density at radius 3 is 2.32 bits per heavy atom. The Labute approximate surface area is 177 Å². The summed E-state index contributed by atoms with van der Waals surface area (Å²) in [6, 6.07) is 13.1. The molecule has 0 saturated carbocycles. The van der Waals surface area contributed by atoms with E-state index < -0.39 is 6.04 Å². The minimum atomic E-state index is -0.798. The van der Waals surface area contributed by atoms with Gasteiger partial charge in [-0.25, -0.2) is 4.68 Å². The Morgan fingerprint density at radius 1 is 1.06 bits per heavy atom. The third-order valence-corrected chi connectivity index (χ3v) is 4.68. The summed E-state index contributed by atoms with van der Waals surface area (Å²) < 4.78 is 6.58. The molecule has 0 saturated heterocycles. The van der Waals surface area contributed by atoms with Crippen LogP contribution in [-0.4, -0.2) is 39.6 Å². The minimum Gasteiger partial charge on any atom is -0.497 e. The van der Waals surface area contributed by atoms with Crippen molar-refractivity contribution in [3.63, 3.8) is 0 Å². The zero-order valence-corrected chi connectivity index (χ0v) is 16.9. The van der Waals surface area contributed by atoms with Gasteiger partial charge in [-0.05, 0) is 48.5 Å². The highest BCUT2D eigenvalue weighted by molar-refractivity contribution is 6.01. The van der Waals surface area contributed by atoms with Crippen LogP contribution >= 0.6 is 0 Å². The van der Waals surface area contributed by atoms with Crippen LogP contribution < -0.4 is 20.7 Å². The number of nitrogens with one attached hydrogen (secondary N) is 3. The number of carbonyl (C=O) groups is 3. The smallest absolute Gasteiger partial charge is 0.252 e. The van der Waals surface area contributed by atoms with Gasteiger partial charge in [-0.2, -0.15) is 4.98 Å². The first kappa shape index (κ1) is 20.1. The van der Waals surface area contributed by atoms with E-state index in [-0.39, 0.29) is 24.1 Å². The fourth-order valence-corrected chi connectivity index (χ4v) is 3.20. The lowest BCUT2D eigenvalue weighted by Gasteiger charge is -2.10. The number of hydrogen-bond acceptors (Lipinski definition) is 6. The van der Waals surface area contributed by atoms with Gasteiger partial charge in [-0.15, -0.1) is 5.10 Å².